The zero-order chi connectivity index (χ0) is 18.6. The Bertz CT molecular complexity index is 458. The van der Waals surface area contributed by atoms with Crippen LogP contribution in [0.4, 0.5) is 13.2 Å². The first-order valence-corrected chi connectivity index (χ1v) is 10.2. The van der Waals surface area contributed by atoms with Gasteiger partial charge in [-0.2, -0.15) is 13.2 Å². The predicted octanol–water partition coefficient (Wildman–Crippen LogP) is 3.87. The van der Waals surface area contributed by atoms with Crippen molar-refractivity contribution in [2.24, 2.45) is 28.7 Å². The summed E-state index contributed by atoms with van der Waals surface area (Å²) < 4.78 is 37.3. The standard InChI is InChI=1S/C19H33F3N4.HI/c1-23-18(25-12-17(15-2-3-15)16-4-5-16)24-9-6-14-7-10-26(11-8-14)13-19(20,21)22;/h14-17H,2-13H2,1H3,(H2,23,24,25);1H. The van der Waals surface area contributed by atoms with Gasteiger partial charge in [0, 0.05) is 20.1 Å². The highest BCUT2D eigenvalue weighted by atomic mass is 127. The van der Waals surface area contributed by atoms with Crippen LogP contribution in [0.3, 0.4) is 0 Å². The number of hydrogen-bond acceptors (Lipinski definition) is 2. The highest BCUT2D eigenvalue weighted by molar-refractivity contribution is 14.0. The van der Waals surface area contributed by atoms with Crippen molar-refractivity contribution >= 4 is 29.9 Å². The number of rotatable bonds is 8. The monoisotopic (exact) mass is 502 g/mol. The van der Waals surface area contributed by atoms with Crippen LogP contribution in [-0.2, 0) is 0 Å². The summed E-state index contributed by atoms with van der Waals surface area (Å²) in [7, 11) is 1.80. The van der Waals surface area contributed by atoms with E-state index in [2.05, 4.69) is 15.6 Å². The number of alkyl halides is 3. The Labute approximate surface area is 178 Å². The molecular weight excluding hydrogens is 468 g/mol. The minimum absolute atomic E-state index is 0. The molecule has 3 rings (SSSR count). The van der Waals surface area contributed by atoms with Crippen molar-refractivity contribution in [3.05, 3.63) is 0 Å². The minimum atomic E-state index is -4.08. The van der Waals surface area contributed by atoms with Crippen molar-refractivity contribution in [3.63, 3.8) is 0 Å². The largest absolute Gasteiger partial charge is 0.401 e. The van der Waals surface area contributed by atoms with Gasteiger partial charge in [0.2, 0.25) is 0 Å². The number of halogens is 4. The SMILES string of the molecule is CN=C(NCCC1CCN(CC(F)(F)F)CC1)NCC(C1CC1)C1CC1.I. The van der Waals surface area contributed by atoms with Gasteiger partial charge in [-0.05, 0) is 81.7 Å². The average molecular weight is 502 g/mol. The van der Waals surface area contributed by atoms with Crippen molar-refractivity contribution in [2.45, 2.75) is 51.1 Å². The second kappa shape index (κ2) is 10.5. The van der Waals surface area contributed by atoms with E-state index in [1.165, 1.54) is 30.6 Å². The van der Waals surface area contributed by atoms with Crippen LogP contribution in [0, 0.1) is 23.7 Å². The van der Waals surface area contributed by atoms with E-state index < -0.39 is 12.7 Å². The van der Waals surface area contributed by atoms with E-state index in [4.69, 9.17) is 0 Å². The lowest BCUT2D eigenvalue weighted by Crippen LogP contribution is -2.42. The lowest BCUT2D eigenvalue weighted by molar-refractivity contribution is -0.148. The maximum atomic E-state index is 12.4. The summed E-state index contributed by atoms with van der Waals surface area (Å²) in [6.07, 6.45) is 4.19. The Hall–Kier alpha value is -0.250. The normalized spacial score (nSPS) is 22.6. The van der Waals surface area contributed by atoms with E-state index in [-0.39, 0.29) is 24.0 Å². The van der Waals surface area contributed by atoms with Gasteiger partial charge in [-0.15, -0.1) is 24.0 Å². The molecule has 0 unspecified atom stereocenters. The van der Waals surface area contributed by atoms with Crippen molar-refractivity contribution in [1.29, 1.82) is 0 Å². The van der Waals surface area contributed by atoms with Crippen LogP contribution in [0.1, 0.15) is 44.9 Å². The van der Waals surface area contributed by atoms with Crippen molar-refractivity contribution in [1.82, 2.24) is 15.5 Å². The first kappa shape index (κ1) is 23.0. The molecule has 1 saturated heterocycles. The Morgan fingerprint density at radius 3 is 2.11 bits per heavy atom. The van der Waals surface area contributed by atoms with Gasteiger partial charge in [0.05, 0.1) is 6.54 Å². The van der Waals surface area contributed by atoms with E-state index in [1.807, 2.05) is 0 Å². The van der Waals surface area contributed by atoms with E-state index in [1.54, 1.807) is 7.05 Å². The Balaban J connectivity index is 0.00000261. The molecule has 0 aromatic rings. The molecule has 0 bridgehead atoms. The predicted molar refractivity (Wildman–Crippen MR) is 114 cm³/mol. The summed E-state index contributed by atoms with van der Waals surface area (Å²) in [5.41, 5.74) is 0. The van der Waals surface area contributed by atoms with Gasteiger partial charge in [0.1, 0.15) is 0 Å². The van der Waals surface area contributed by atoms with Gasteiger partial charge >= 0.3 is 6.18 Å². The van der Waals surface area contributed by atoms with Crippen molar-refractivity contribution in [2.75, 3.05) is 39.8 Å². The Morgan fingerprint density at radius 2 is 1.63 bits per heavy atom. The molecule has 1 aliphatic heterocycles. The van der Waals surface area contributed by atoms with E-state index >= 15 is 0 Å². The molecule has 0 radical (unpaired) electrons. The molecule has 0 aromatic carbocycles. The Morgan fingerprint density at radius 1 is 1.04 bits per heavy atom. The molecule has 1 heterocycles. The topological polar surface area (TPSA) is 39.7 Å². The van der Waals surface area contributed by atoms with Gasteiger partial charge in [-0.1, -0.05) is 0 Å². The quantitative estimate of drug-likeness (QED) is 0.301. The maximum absolute atomic E-state index is 12.4. The first-order chi connectivity index (χ1) is 12.4. The van der Waals surface area contributed by atoms with E-state index in [0.29, 0.717) is 19.0 Å². The fraction of sp³-hybridized carbons (Fsp3) is 0.947. The number of guanidine groups is 1. The number of nitrogens with one attached hydrogen (secondary N) is 2. The summed E-state index contributed by atoms with van der Waals surface area (Å²) in [5, 5.41) is 6.87. The number of likely N-dealkylation sites (tertiary alicyclic amines) is 1. The lowest BCUT2D eigenvalue weighted by Gasteiger charge is -2.32. The third kappa shape index (κ3) is 8.33. The highest BCUT2D eigenvalue weighted by Gasteiger charge is 2.41. The smallest absolute Gasteiger partial charge is 0.356 e. The van der Waals surface area contributed by atoms with Gasteiger partial charge in [-0.25, -0.2) is 0 Å². The third-order valence-electron chi connectivity index (χ3n) is 6.14. The highest BCUT2D eigenvalue weighted by Crippen LogP contribution is 2.48. The van der Waals surface area contributed by atoms with Crippen LogP contribution in [0.5, 0.6) is 0 Å². The fourth-order valence-electron chi connectivity index (χ4n) is 4.28. The third-order valence-corrected chi connectivity index (χ3v) is 6.14. The number of piperidine rings is 1. The number of hydrogen-bond donors (Lipinski definition) is 2. The summed E-state index contributed by atoms with van der Waals surface area (Å²) in [6.45, 7) is 2.20. The molecule has 0 aromatic heterocycles. The summed E-state index contributed by atoms with van der Waals surface area (Å²) in [6, 6.07) is 0. The molecule has 4 nitrogen and oxygen atoms in total. The molecule has 3 fully saturated rings. The number of aliphatic imine (C=N–C) groups is 1. The van der Waals surface area contributed by atoms with Crippen LogP contribution in [0.25, 0.3) is 0 Å². The summed E-state index contributed by atoms with van der Waals surface area (Å²) in [5.74, 6) is 4.04. The van der Waals surface area contributed by atoms with Gasteiger partial charge in [-0.3, -0.25) is 9.89 Å². The molecule has 158 valence electrons. The molecule has 27 heavy (non-hydrogen) atoms. The molecule has 0 amide bonds. The zero-order valence-electron chi connectivity index (χ0n) is 16.2. The number of nitrogens with zero attached hydrogens (tertiary/aromatic N) is 2. The van der Waals surface area contributed by atoms with Crippen LogP contribution < -0.4 is 10.6 Å². The lowest BCUT2D eigenvalue weighted by atomic mass is 9.93. The minimum Gasteiger partial charge on any atom is -0.356 e. The average Bonchev–Trinajstić information content (AvgIpc) is 3.47. The molecule has 2 N–H and O–H groups in total. The summed E-state index contributed by atoms with van der Waals surface area (Å²) in [4.78, 5) is 5.84. The molecule has 0 atom stereocenters. The van der Waals surface area contributed by atoms with E-state index in [9.17, 15) is 13.2 Å². The first-order valence-electron chi connectivity index (χ1n) is 10.2. The van der Waals surface area contributed by atoms with Crippen LogP contribution in [-0.4, -0.2) is 56.8 Å². The molecule has 2 saturated carbocycles. The van der Waals surface area contributed by atoms with Gasteiger partial charge in [0.15, 0.2) is 5.96 Å². The molecule has 0 spiro atoms. The maximum Gasteiger partial charge on any atom is 0.401 e. The molecule has 8 heteroatoms. The van der Waals surface area contributed by atoms with Crippen molar-refractivity contribution < 1.29 is 13.2 Å². The summed E-state index contributed by atoms with van der Waals surface area (Å²) >= 11 is 0. The second-order valence-electron chi connectivity index (χ2n) is 8.34. The van der Waals surface area contributed by atoms with Gasteiger partial charge in [0.25, 0.3) is 0 Å². The van der Waals surface area contributed by atoms with Gasteiger partial charge < -0.3 is 10.6 Å². The Kier molecular flexibility index (Phi) is 8.96. The van der Waals surface area contributed by atoms with Crippen LogP contribution in [0.2, 0.25) is 0 Å². The van der Waals surface area contributed by atoms with Crippen LogP contribution in [0.15, 0.2) is 4.99 Å². The fourth-order valence-corrected chi connectivity index (χ4v) is 4.28. The van der Waals surface area contributed by atoms with Crippen LogP contribution >= 0.6 is 24.0 Å². The molecular formula is C19H34F3IN4. The molecule has 2 aliphatic carbocycles. The molecule has 3 aliphatic rings. The second-order valence-corrected chi connectivity index (χ2v) is 8.34. The van der Waals surface area contributed by atoms with Crippen molar-refractivity contribution in [3.8, 4) is 0 Å². The zero-order valence-corrected chi connectivity index (χ0v) is 18.6. The van der Waals surface area contributed by atoms with E-state index in [0.717, 1.165) is 56.1 Å².